The number of ketones is 1. The van der Waals surface area contributed by atoms with Crippen molar-refractivity contribution in [2.45, 2.75) is 33.1 Å². The van der Waals surface area contributed by atoms with E-state index in [1.807, 2.05) is 20.8 Å². The van der Waals surface area contributed by atoms with Crippen LogP contribution in [0.3, 0.4) is 0 Å². The minimum absolute atomic E-state index is 0.142. The van der Waals surface area contributed by atoms with E-state index in [2.05, 4.69) is 0 Å². The van der Waals surface area contributed by atoms with Crippen molar-refractivity contribution in [2.75, 3.05) is 20.8 Å². The number of benzene rings is 1. The summed E-state index contributed by atoms with van der Waals surface area (Å²) in [5.41, 5.74) is 0.816. The van der Waals surface area contributed by atoms with Crippen LogP contribution in [0.4, 0.5) is 0 Å². The lowest BCUT2D eigenvalue weighted by Crippen LogP contribution is -2.20. The van der Waals surface area contributed by atoms with Gasteiger partial charge in [0.05, 0.1) is 26.4 Å². The number of carbonyl (C=O) groups excluding carboxylic acids is 2. The molecule has 0 atom stereocenters. The Morgan fingerprint density at radius 3 is 2.14 bits per heavy atom. The molecule has 0 radical (unpaired) electrons. The SMILES string of the molecule is CCOC(=O)C(=O)c1cc(C(C)(C)C)cc(OC)c1OC. The fraction of sp³-hybridized carbons (Fsp3) is 0.500. The molecule has 0 N–H and O–H groups in total. The zero-order chi connectivity index (χ0) is 16.2. The highest BCUT2D eigenvalue weighted by Crippen LogP contribution is 2.37. The molecule has 5 heteroatoms. The molecule has 0 fully saturated rings. The molecule has 1 aromatic carbocycles. The number of methoxy groups -OCH3 is 2. The lowest BCUT2D eigenvalue weighted by atomic mass is 9.85. The maximum Gasteiger partial charge on any atom is 0.379 e. The number of carbonyl (C=O) groups is 2. The Hall–Kier alpha value is -2.04. The molecular weight excluding hydrogens is 272 g/mol. The number of esters is 1. The standard InChI is InChI=1S/C16H22O5/c1-7-21-15(18)13(17)11-8-10(16(2,3)4)9-12(19-5)14(11)20-6/h8-9H,7H2,1-6H3. The van der Waals surface area contributed by atoms with Gasteiger partial charge in [-0.2, -0.15) is 0 Å². The fourth-order valence-corrected chi connectivity index (χ4v) is 1.87. The zero-order valence-electron chi connectivity index (χ0n) is 13.4. The van der Waals surface area contributed by atoms with Crippen LogP contribution in [-0.2, 0) is 14.9 Å². The second kappa shape index (κ2) is 6.61. The molecule has 0 aliphatic rings. The van der Waals surface area contributed by atoms with Gasteiger partial charge in [-0.3, -0.25) is 4.79 Å². The van der Waals surface area contributed by atoms with Crippen molar-refractivity contribution >= 4 is 11.8 Å². The van der Waals surface area contributed by atoms with Crippen LogP contribution in [0.5, 0.6) is 11.5 Å². The molecule has 1 aromatic rings. The topological polar surface area (TPSA) is 61.8 Å². The van der Waals surface area contributed by atoms with E-state index in [0.29, 0.717) is 5.75 Å². The highest BCUT2D eigenvalue weighted by atomic mass is 16.5. The Bertz CT molecular complexity index is 540. The molecule has 0 spiro atoms. The number of hydrogen-bond acceptors (Lipinski definition) is 5. The molecule has 0 heterocycles. The van der Waals surface area contributed by atoms with Crippen LogP contribution in [0.2, 0.25) is 0 Å². The van der Waals surface area contributed by atoms with Gasteiger partial charge in [0.15, 0.2) is 11.5 Å². The van der Waals surface area contributed by atoms with Crippen molar-refractivity contribution in [1.29, 1.82) is 0 Å². The average molecular weight is 294 g/mol. The third-order valence-corrected chi connectivity index (χ3v) is 3.05. The Morgan fingerprint density at radius 2 is 1.71 bits per heavy atom. The van der Waals surface area contributed by atoms with Crippen LogP contribution >= 0.6 is 0 Å². The van der Waals surface area contributed by atoms with Crippen LogP contribution in [0.1, 0.15) is 43.6 Å². The van der Waals surface area contributed by atoms with Crippen LogP contribution in [0.25, 0.3) is 0 Å². The molecule has 5 nitrogen and oxygen atoms in total. The van der Waals surface area contributed by atoms with E-state index in [9.17, 15) is 9.59 Å². The van der Waals surface area contributed by atoms with E-state index in [1.54, 1.807) is 19.1 Å². The van der Waals surface area contributed by atoms with Crippen molar-refractivity contribution in [2.24, 2.45) is 0 Å². The van der Waals surface area contributed by atoms with E-state index in [-0.39, 0.29) is 23.3 Å². The van der Waals surface area contributed by atoms with Gasteiger partial charge in [-0.15, -0.1) is 0 Å². The minimum Gasteiger partial charge on any atom is -0.493 e. The number of hydrogen-bond donors (Lipinski definition) is 0. The van der Waals surface area contributed by atoms with Crippen molar-refractivity contribution in [3.63, 3.8) is 0 Å². The predicted octanol–water partition coefficient (Wildman–Crippen LogP) is 2.75. The molecule has 0 unspecified atom stereocenters. The molecule has 116 valence electrons. The van der Waals surface area contributed by atoms with Gasteiger partial charge in [0.25, 0.3) is 5.78 Å². The highest BCUT2D eigenvalue weighted by molar-refractivity contribution is 6.41. The van der Waals surface area contributed by atoms with Crippen LogP contribution in [-0.4, -0.2) is 32.6 Å². The molecule has 1 rings (SSSR count). The summed E-state index contributed by atoms with van der Waals surface area (Å²) in [5.74, 6) is -0.983. The number of Topliss-reactive ketones (excluding diaryl/α,β-unsaturated/α-hetero) is 1. The van der Waals surface area contributed by atoms with E-state index in [4.69, 9.17) is 14.2 Å². The normalized spacial score (nSPS) is 11.0. The highest BCUT2D eigenvalue weighted by Gasteiger charge is 2.27. The van der Waals surface area contributed by atoms with Crippen molar-refractivity contribution in [3.8, 4) is 11.5 Å². The van der Waals surface area contributed by atoms with Gasteiger partial charge in [-0.05, 0) is 30.0 Å². The third-order valence-electron chi connectivity index (χ3n) is 3.05. The first kappa shape index (κ1) is 17.0. The molecule has 0 aliphatic heterocycles. The molecule has 0 saturated heterocycles. The smallest absolute Gasteiger partial charge is 0.379 e. The Labute approximate surface area is 125 Å². The Balaban J connectivity index is 3.47. The van der Waals surface area contributed by atoms with E-state index in [0.717, 1.165) is 5.56 Å². The molecule has 0 amide bonds. The van der Waals surface area contributed by atoms with Crippen molar-refractivity contribution < 1.29 is 23.8 Å². The summed E-state index contributed by atoms with van der Waals surface area (Å²) in [7, 11) is 2.92. The zero-order valence-corrected chi connectivity index (χ0v) is 13.4. The van der Waals surface area contributed by atoms with Gasteiger partial charge in [-0.25, -0.2) is 4.79 Å². The predicted molar refractivity (Wildman–Crippen MR) is 79.2 cm³/mol. The molecule has 0 bridgehead atoms. The molecule has 0 aromatic heterocycles. The van der Waals surface area contributed by atoms with Gasteiger partial charge >= 0.3 is 5.97 Å². The maximum absolute atomic E-state index is 12.3. The third kappa shape index (κ3) is 3.74. The second-order valence-corrected chi connectivity index (χ2v) is 5.56. The fourth-order valence-electron chi connectivity index (χ4n) is 1.87. The van der Waals surface area contributed by atoms with Crippen LogP contribution in [0.15, 0.2) is 12.1 Å². The van der Waals surface area contributed by atoms with E-state index in [1.165, 1.54) is 14.2 Å². The summed E-state index contributed by atoms with van der Waals surface area (Å²) in [4.78, 5) is 24.0. The van der Waals surface area contributed by atoms with Crippen molar-refractivity contribution in [3.05, 3.63) is 23.3 Å². The summed E-state index contributed by atoms with van der Waals surface area (Å²) >= 11 is 0. The minimum atomic E-state index is -0.899. The lowest BCUT2D eigenvalue weighted by Gasteiger charge is -2.22. The van der Waals surface area contributed by atoms with Crippen LogP contribution in [0, 0.1) is 0 Å². The lowest BCUT2D eigenvalue weighted by molar-refractivity contribution is -0.137. The number of ether oxygens (including phenoxy) is 3. The molecule has 21 heavy (non-hydrogen) atoms. The number of rotatable bonds is 5. The van der Waals surface area contributed by atoms with E-state index < -0.39 is 11.8 Å². The second-order valence-electron chi connectivity index (χ2n) is 5.56. The first-order chi connectivity index (χ1) is 9.76. The monoisotopic (exact) mass is 294 g/mol. The van der Waals surface area contributed by atoms with Gasteiger partial charge in [0.1, 0.15) is 0 Å². The molecular formula is C16H22O5. The largest absolute Gasteiger partial charge is 0.493 e. The molecule has 0 saturated carbocycles. The van der Waals surface area contributed by atoms with Gasteiger partial charge in [0.2, 0.25) is 0 Å². The average Bonchev–Trinajstić information content (AvgIpc) is 2.44. The maximum atomic E-state index is 12.3. The summed E-state index contributed by atoms with van der Waals surface area (Å²) < 4.78 is 15.3. The summed E-state index contributed by atoms with van der Waals surface area (Å²) in [6.45, 7) is 7.81. The first-order valence-electron chi connectivity index (χ1n) is 6.74. The van der Waals surface area contributed by atoms with Gasteiger partial charge in [-0.1, -0.05) is 20.8 Å². The quantitative estimate of drug-likeness (QED) is 0.475. The first-order valence-corrected chi connectivity index (χ1v) is 6.74. The van der Waals surface area contributed by atoms with Gasteiger partial charge < -0.3 is 14.2 Å². The van der Waals surface area contributed by atoms with Crippen LogP contribution < -0.4 is 9.47 Å². The summed E-state index contributed by atoms with van der Waals surface area (Å²) in [5, 5.41) is 0. The summed E-state index contributed by atoms with van der Waals surface area (Å²) in [6, 6.07) is 3.46. The molecule has 0 aliphatic carbocycles. The summed E-state index contributed by atoms with van der Waals surface area (Å²) in [6.07, 6.45) is 0. The Kier molecular flexibility index (Phi) is 5.35. The van der Waals surface area contributed by atoms with Crippen molar-refractivity contribution in [1.82, 2.24) is 0 Å². The van der Waals surface area contributed by atoms with E-state index >= 15 is 0 Å². The van der Waals surface area contributed by atoms with Gasteiger partial charge in [0, 0.05) is 0 Å². The Morgan fingerprint density at radius 1 is 1.10 bits per heavy atom.